The van der Waals surface area contributed by atoms with Crippen molar-refractivity contribution in [3.63, 3.8) is 0 Å². The quantitative estimate of drug-likeness (QED) is 0.691. The lowest BCUT2D eigenvalue weighted by Crippen LogP contribution is -2.22. The molecule has 0 aliphatic heterocycles. The molecule has 0 radical (unpaired) electrons. The first-order chi connectivity index (χ1) is 8.29. The number of nitrogens with one attached hydrogen (secondary N) is 1. The van der Waals surface area contributed by atoms with Crippen molar-refractivity contribution in [1.82, 2.24) is 15.0 Å². The maximum Gasteiger partial charge on any atom is 0.265 e. The van der Waals surface area contributed by atoms with Gasteiger partial charge in [-0.1, -0.05) is 20.8 Å². The highest BCUT2D eigenvalue weighted by Crippen LogP contribution is 2.28. The van der Waals surface area contributed by atoms with Crippen LogP contribution in [-0.4, -0.2) is 15.0 Å². The summed E-state index contributed by atoms with van der Waals surface area (Å²) in [5.41, 5.74) is 0.369. The first kappa shape index (κ1) is 14.1. The minimum absolute atomic E-state index is 0.171. The van der Waals surface area contributed by atoms with Gasteiger partial charge in [0.05, 0.1) is 14.8 Å². The molecule has 0 aromatic carbocycles. The van der Waals surface area contributed by atoms with Crippen molar-refractivity contribution in [1.29, 1.82) is 0 Å². The van der Waals surface area contributed by atoms with Crippen molar-refractivity contribution in [2.45, 2.75) is 26.2 Å². The Balaban J connectivity index is 2.65. The summed E-state index contributed by atoms with van der Waals surface area (Å²) >= 11 is 7.00. The standard InChI is InChI=1S/C11H11BrIN3OS/c1-11(2,3)7-6(12)9(17)16-8(15-7)10-14-4-5(13)18-10/h4H,1-3H3,(H,15,16,17). The van der Waals surface area contributed by atoms with Gasteiger partial charge in [0, 0.05) is 5.41 Å². The number of aromatic amines is 1. The van der Waals surface area contributed by atoms with Crippen molar-refractivity contribution in [2.24, 2.45) is 0 Å². The molecular weight excluding hydrogens is 429 g/mol. The van der Waals surface area contributed by atoms with Crippen LogP contribution in [0.3, 0.4) is 0 Å². The molecule has 2 rings (SSSR count). The zero-order chi connectivity index (χ0) is 13.5. The van der Waals surface area contributed by atoms with Crippen LogP contribution in [0.1, 0.15) is 26.5 Å². The maximum atomic E-state index is 11.9. The van der Waals surface area contributed by atoms with E-state index in [1.54, 1.807) is 6.20 Å². The second-order valence-corrected chi connectivity index (χ2v) is 8.51. The number of nitrogens with zero attached hydrogens (tertiary/aromatic N) is 2. The fraction of sp³-hybridized carbons (Fsp3) is 0.364. The van der Waals surface area contributed by atoms with Gasteiger partial charge in [0.1, 0.15) is 4.47 Å². The predicted octanol–water partition coefficient (Wildman–Crippen LogP) is 3.56. The first-order valence-corrected chi connectivity index (χ1v) is 7.90. The molecule has 2 aromatic heterocycles. The zero-order valence-corrected chi connectivity index (χ0v) is 14.6. The Morgan fingerprint density at radius 3 is 2.61 bits per heavy atom. The summed E-state index contributed by atoms with van der Waals surface area (Å²) in [5, 5.41) is 0.731. The van der Waals surface area contributed by atoms with E-state index in [-0.39, 0.29) is 11.0 Å². The number of aromatic nitrogens is 3. The first-order valence-electron chi connectivity index (χ1n) is 5.21. The summed E-state index contributed by atoms with van der Waals surface area (Å²) < 4.78 is 1.55. The highest BCUT2D eigenvalue weighted by Gasteiger charge is 2.23. The largest absolute Gasteiger partial charge is 0.304 e. The molecule has 2 heterocycles. The Morgan fingerprint density at radius 2 is 2.11 bits per heavy atom. The van der Waals surface area contributed by atoms with Crippen LogP contribution >= 0.6 is 49.9 Å². The van der Waals surface area contributed by atoms with Gasteiger partial charge in [0.2, 0.25) is 0 Å². The second kappa shape index (κ2) is 5.01. The topological polar surface area (TPSA) is 58.6 Å². The number of rotatable bonds is 1. The van der Waals surface area contributed by atoms with Crippen LogP contribution in [0.4, 0.5) is 0 Å². The molecule has 0 aliphatic carbocycles. The van der Waals surface area contributed by atoms with Crippen LogP contribution in [-0.2, 0) is 5.41 Å². The maximum absolute atomic E-state index is 11.9. The predicted molar refractivity (Wildman–Crippen MR) is 85.1 cm³/mol. The van der Waals surface area contributed by atoms with E-state index in [1.165, 1.54) is 11.3 Å². The van der Waals surface area contributed by atoms with E-state index in [1.807, 2.05) is 20.8 Å². The summed E-state index contributed by atoms with van der Waals surface area (Å²) in [6.45, 7) is 6.07. The lowest BCUT2D eigenvalue weighted by atomic mass is 9.92. The van der Waals surface area contributed by atoms with E-state index in [0.29, 0.717) is 10.3 Å². The fourth-order valence-corrected chi connectivity index (χ4v) is 3.56. The molecule has 0 unspecified atom stereocenters. The third-order valence-corrected chi connectivity index (χ3v) is 4.72. The zero-order valence-electron chi connectivity index (χ0n) is 10.0. The normalized spacial score (nSPS) is 11.8. The summed E-state index contributed by atoms with van der Waals surface area (Å²) in [6, 6.07) is 0. The van der Waals surface area contributed by atoms with Gasteiger partial charge in [0.25, 0.3) is 5.56 Å². The minimum Gasteiger partial charge on any atom is -0.304 e. The molecule has 0 saturated heterocycles. The van der Waals surface area contributed by atoms with E-state index < -0.39 is 0 Å². The average Bonchev–Trinajstić information content (AvgIpc) is 2.67. The van der Waals surface area contributed by atoms with Crippen molar-refractivity contribution < 1.29 is 0 Å². The van der Waals surface area contributed by atoms with Crippen LogP contribution in [0.5, 0.6) is 0 Å². The van der Waals surface area contributed by atoms with E-state index in [2.05, 4.69) is 53.5 Å². The smallest absolute Gasteiger partial charge is 0.265 e. The van der Waals surface area contributed by atoms with Crippen molar-refractivity contribution in [2.75, 3.05) is 0 Å². The molecule has 18 heavy (non-hydrogen) atoms. The molecule has 0 bridgehead atoms. The third-order valence-electron chi connectivity index (χ3n) is 2.25. The average molecular weight is 440 g/mol. The molecule has 0 atom stereocenters. The molecule has 2 aromatic rings. The Hall–Kier alpha value is -0.280. The molecule has 0 spiro atoms. The number of halogens is 2. The van der Waals surface area contributed by atoms with Gasteiger partial charge in [0.15, 0.2) is 10.8 Å². The number of thiazole rings is 1. The molecule has 7 heteroatoms. The molecule has 0 amide bonds. The van der Waals surface area contributed by atoms with Crippen LogP contribution in [0, 0.1) is 2.88 Å². The molecule has 4 nitrogen and oxygen atoms in total. The summed E-state index contributed by atoms with van der Waals surface area (Å²) in [6.07, 6.45) is 1.76. The van der Waals surface area contributed by atoms with Gasteiger partial charge in [-0.3, -0.25) is 4.79 Å². The Bertz CT molecular complexity index is 644. The lowest BCUT2D eigenvalue weighted by Gasteiger charge is -2.19. The van der Waals surface area contributed by atoms with E-state index >= 15 is 0 Å². The Kier molecular flexibility index (Phi) is 3.93. The van der Waals surface area contributed by atoms with Crippen LogP contribution < -0.4 is 5.56 Å². The minimum atomic E-state index is -0.202. The second-order valence-electron chi connectivity index (χ2n) is 4.80. The third kappa shape index (κ3) is 2.83. The van der Waals surface area contributed by atoms with Gasteiger partial charge in [-0.15, -0.1) is 11.3 Å². The van der Waals surface area contributed by atoms with Crippen LogP contribution in [0.2, 0.25) is 0 Å². The van der Waals surface area contributed by atoms with E-state index in [4.69, 9.17) is 0 Å². The van der Waals surface area contributed by atoms with Gasteiger partial charge in [-0.25, -0.2) is 9.97 Å². The van der Waals surface area contributed by atoms with Crippen molar-refractivity contribution in [3.05, 3.63) is 29.6 Å². The van der Waals surface area contributed by atoms with Crippen molar-refractivity contribution >= 4 is 49.9 Å². The molecule has 1 N–H and O–H groups in total. The lowest BCUT2D eigenvalue weighted by molar-refractivity contribution is 0.562. The molecular formula is C11H11BrIN3OS. The van der Waals surface area contributed by atoms with Gasteiger partial charge < -0.3 is 4.98 Å². The number of hydrogen-bond donors (Lipinski definition) is 1. The van der Waals surface area contributed by atoms with Gasteiger partial charge in [-0.2, -0.15) is 0 Å². The summed E-state index contributed by atoms with van der Waals surface area (Å²) in [7, 11) is 0. The van der Waals surface area contributed by atoms with Gasteiger partial charge in [-0.05, 0) is 38.5 Å². The highest BCUT2D eigenvalue weighted by atomic mass is 127. The SMILES string of the molecule is CC(C)(C)c1nc(-c2ncc(I)s2)[nH]c(=O)c1Br. The van der Waals surface area contributed by atoms with Gasteiger partial charge >= 0.3 is 0 Å². The highest BCUT2D eigenvalue weighted by molar-refractivity contribution is 14.1. The van der Waals surface area contributed by atoms with Crippen LogP contribution in [0.25, 0.3) is 10.8 Å². The monoisotopic (exact) mass is 439 g/mol. The molecule has 0 saturated carbocycles. The summed E-state index contributed by atoms with van der Waals surface area (Å²) in [4.78, 5) is 23.4. The van der Waals surface area contributed by atoms with Crippen LogP contribution in [0.15, 0.2) is 15.5 Å². The molecule has 0 aliphatic rings. The van der Waals surface area contributed by atoms with Crippen molar-refractivity contribution in [3.8, 4) is 10.8 Å². The summed E-state index contributed by atoms with van der Waals surface area (Å²) in [5.74, 6) is 0.529. The fourth-order valence-electron chi connectivity index (χ4n) is 1.42. The van der Waals surface area contributed by atoms with E-state index in [9.17, 15) is 4.79 Å². The number of H-pyrrole nitrogens is 1. The Morgan fingerprint density at radius 1 is 1.44 bits per heavy atom. The number of hydrogen-bond acceptors (Lipinski definition) is 4. The molecule has 0 fully saturated rings. The van der Waals surface area contributed by atoms with E-state index in [0.717, 1.165) is 13.6 Å². The Labute approximate surface area is 131 Å². The molecule has 96 valence electrons.